The second kappa shape index (κ2) is 5.76. The molecule has 0 aliphatic carbocycles. The molecule has 20 heavy (non-hydrogen) atoms. The Kier molecular flexibility index (Phi) is 4.25. The molecule has 6 heteroatoms. The number of hydrazine groups is 1. The molecule has 110 valence electrons. The maximum atomic E-state index is 12.5. The molecule has 1 aliphatic heterocycles. The summed E-state index contributed by atoms with van der Waals surface area (Å²) in [7, 11) is 0. The molecule has 6 nitrogen and oxygen atoms in total. The first-order valence-corrected chi connectivity index (χ1v) is 6.80. The van der Waals surface area contributed by atoms with E-state index in [1.165, 1.54) is 5.01 Å². The van der Waals surface area contributed by atoms with Gasteiger partial charge in [-0.3, -0.25) is 10.6 Å². The highest BCUT2D eigenvalue weighted by Crippen LogP contribution is 2.26. The summed E-state index contributed by atoms with van der Waals surface area (Å²) in [5.74, 6) is 5.80. The second-order valence-electron chi connectivity index (χ2n) is 4.97. The summed E-state index contributed by atoms with van der Waals surface area (Å²) in [4.78, 5) is 24.3. The van der Waals surface area contributed by atoms with Gasteiger partial charge >= 0.3 is 5.97 Å². The maximum Gasteiger partial charge on any atom is 0.341 e. The molecule has 2 heterocycles. The molecular weight excluding hydrogens is 260 g/mol. The van der Waals surface area contributed by atoms with Crippen LogP contribution in [0.3, 0.4) is 0 Å². The fraction of sp³-hybridized carbons (Fsp3) is 0.571. The quantitative estimate of drug-likeness (QED) is 0.512. The Morgan fingerprint density at radius 3 is 2.70 bits per heavy atom. The number of nitrogens with two attached hydrogens (primary N) is 1. The minimum atomic E-state index is -0.457. The molecule has 0 aromatic carbocycles. The molecule has 2 N–H and O–H groups in total. The van der Waals surface area contributed by atoms with E-state index in [1.807, 2.05) is 0 Å². The van der Waals surface area contributed by atoms with Crippen LogP contribution < -0.4 is 5.84 Å². The van der Waals surface area contributed by atoms with Crippen molar-refractivity contribution >= 4 is 11.8 Å². The summed E-state index contributed by atoms with van der Waals surface area (Å²) in [5.41, 5.74) is 0.878. The summed E-state index contributed by atoms with van der Waals surface area (Å²) in [6.45, 7) is 6.07. The number of nitrogens with zero attached hydrogens (tertiary/aromatic N) is 1. The Balaban J connectivity index is 2.32. The van der Waals surface area contributed by atoms with Crippen LogP contribution in [0.25, 0.3) is 0 Å². The zero-order chi connectivity index (χ0) is 14.9. The lowest BCUT2D eigenvalue weighted by molar-refractivity contribution is 0.0523. The van der Waals surface area contributed by atoms with Gasteiger partial charge in [-0.1, -0.05) is 0 Å². The van der Waals surface area contributed by atoms with Crippen LogP contribution in [0.4, 0.5) is 0 Å². The normalized spacial score (nSPS) is 19.3. The molecule has 0 amide bonds. The monoisotopic (exact) mass is 280 g/mol. The standard InChI is InChI=1S/C14H20N2O4/c1-4-19-14(18)11-8(2)13(20-9(11)3)12(17)10-6-5-7-16(10)15/h10H,4-7,15H2,1-3H3. The van der Waals surface area contributed by atoms with Crippen molar-refractivity contribution in [2.45, 2.75) is 39.7 Å². The lowest BCUT2D eigenvalue weighted by Gasteiger charge is -2.16. The van der Waals surface area contributed by atoms with Crippen LogP contribution in [0.1, 0.15) is 52.0 Å². The number of hydrogen-bond donors (Lipinski definition) is 1. The molecule has 2 rings (SSSR count). The van der Waals surface area contributed by atoms with Crippen molar-refractivity contribution in [3.63, 3.8) is 0 Å². The van der Waals surface area contributed by atoms with Crippen molar-refractivity contribution in [2.75, 3.05) is 13.2 Å². The third-order valence-corrected chi connectivity index (χ3v) is 3.62. The third kappa shape index (κ3) is 2.48. The van der Waals surface area contributed by atoms with Crippen molar-refractivity contribution in [1.82, 2.24) is 5.01 Å². The summed E-state index contributed by atoms with van der Waals surface area (Å²) in [5, 5.41) is 1.53. The number of ether oxygens (including phenoxy) is 1. The summed E-state index contributed by atoms with van der Waals surface area (Å²) in [6.07, 6.45) is 1.60. The van der Waals surface area contributed by atoms with Crippen LogP contribution in [0, 0.1) is 13.8 Å². The Hall–Kier alpha value is -1.66. The van der Waals surface area contributed by atoms with Gasteiger partial charge in [0.25, 0.3) is 0 Å². The summed E-state index contributed by atoms with van der Waals surface area (Å²) < 4.78 is 10.5. The van der Waals surface area contributed by atoms with E-state index in [9.17, 15) is 9.59 Å². The molecule has 1 saturated heterocycles. The first-order chi connectivity index (χ1) is 9.47. The van der Waals surface area contributed by atoms with Gasteiger partial charge in [-0.2, -0.15) is 0 Å². The molecule has 1 fully saturated rings. The topological polar surface area (TPSA) is 85.8 Å². The van der Waals surface area contributed by atoms with Crippen molar-refractivity contribution in [1.29, 1.82) is 0 Å². The molecule has 1 unspecified atom stereocenters. The summed E-state index contributed by atoms with van der Waals surface area (Å²) >= 11 is 0. The van der Waals surface area contributed by atoms with Gasteiger partial charge in [0.1, 0.15) is 11.3 Å². The number of ketones is 1. The van der Waals surface area contributed by atoms with Crippen molar-refractivity contribution in [3.05, 3.63) is 22.6 Å². The van der Waals surface area contributed by atoms with E-state index < -0.39 is 5.97 Å². The zero-order valence-corrected chi connectivity index (χ0v) is 12.1. The third-order valence-electron chi connectivity index (χ3n) is 3.62. The lowest BCUT2D eigenvalue weighted by atomic mass is 10.0. The average molecular weight is 280 g/mol. The molecule has 1 aliphatic rings. The number of hydrogen-bond acceptors (Lipinski definition) is 6. The molecule has 0 spiro atoms. The number of aryl methyl sites for hydroxylation is 1. The minimum Gasteiger partial charge on any atom is -0.462 e. The van der Waals surface area contributed by atoms with E-state index in [4.69, 9.17) is 15.0 Å². The second-order valence-corrected chi connectivity index (χ2v) is 4.97. The van der Waals surface area contributed by atoms with E-state index in [0.717, 1.165) is 6.42 Å². The van der Waals surface area contributed by atoms with Crippen LogP contribution in [-0.2, 0) is 4.74 Å². The number of furan rings is 1. The van der Waals surface area contributed by atoms with E-state index in [-0.39, 0.29) is 24.2 Å². The van der Waals surface area contributed by atoms with E-state index in [2.05, 4.69) is 0 Å². The molecule has 1 atom stereocenters. The van der Waals surface area contributed by atoms with Gasteiger partial charge in [-0.15, -0.1) is 0 Å². The fourth-order valence-electron chi connectivity index (χ4n) is 2.62. The molecule has 0 radical (unpaired) electrons. The highest BCUT2D eigenvalue weighted by Gasteiger charge is 2.34. The van der Waals surface area contributed by atoms with E-state index in [1.54, 1.807) is 20.8 Å². The number of carbonyl (C=O) groups is 2. The van der Waals surface area contributed by atoms with Crippen LogP contribution in [0.2, 0.25) is 0 Å². The number of Topliss-reactive ketones (excluding diaryl/α,β-unsaturated/α-hetero) is 1. The zero-order valence-electron chi connectivity index (χ0n) is 12.1. The number of rotatable bonds is 4. The maximum absolute atomic E-state index is 12.5. The molecule has 1 aromatic rings. The summed E-state index contributed by atoms with van der Waals surface area (Å²) in [6, 6.07) is -0.366. The lowest BCUT2D eigenvalue weighted by Crippen LogP contribution is -2.41. The van der Waals surface area contributed by atoms with Crippen LogP contribution >= 0.6 is 0 Å². The van der Waals surface area contributed by atoms with Gasteiger partial charge in [-0.25, -0.2) is 9.80 Å². The Bertz CT molecular complexity index is 536. The van der Waals surface area contributed by atoms with Crippen molar-refractivity contribution in [3.8, 4) is 0 Å². The van der Waals surface area contributed by atoms with E-state index >= 15 is 0 Å². The highest BCUT2D eigenvalue weighted by atomic mass is 16.5. The minimum absolute atomic E-state index is 0.166. The SMILES string of the molecule is CCOC(=O)c1c(C)oc(C(=O)C2CCCN2N)c1C. The predicted molar refractivity (Wildman–Crippen MR) is 72.4 cm³/mol. The molecule has 1 aromatic heterocycles. The van der Waals surface area contributed by atoms with Gasteiger partial charge in [-0.05, 0) is 33.6 Å². The highest BCUT2D eigenvalue weighted by molar-refractivity contribution is 6.03. The van der Waals surface area contributed by atoms with Gasteiger partial charge in [0, 0.05) is 12.1 Å². The Morgan fingerprint density at radius 1 is 1.45 bits per heavy atom. The van der Waals surface area contributed by atoms with Gasteiger partial charge in [0.15, 0.2) is 5.76 Å². The fourth-order valence-corrected chi connectivity index (χ4v) is 2.62. The van der Waals surface area contributed by atoms with Gasteiger partial charge < -0.3 is 9.15 Å². The first kappa shape index (κ1) is 14.7. The number of esters is 1. The van der Waals surface area contributed by atoms with Crippen LogP contribution in [-0.4, -0.2) is 36.0 Å². The van der Waals surface area contributed by atoms with Crippen molar-refractivity contribution in [2.24, 2.45) is 5.84 Å². The molecule has 0 saturated carbocycles. The van der Waals surface area contributed by atoms with Crippen LogP contribution in [0.15, 0.2) is 4.42 Å². The Morgan fingerprint density at radius 2 is 2.15 bits per heavy atom. The average Bonchev–Trinajstić information content (AvgIpc) is 2.93. The Labute approximate surface area is 117 Å². The largest absolute Gasteiger partial charge is 0.462 e. The smallest absolute Gasteiger partial charge is 0.341 e. The van der Waals surface area contributed by atoms with Crippen LogP contribution in [0.5, 0.6) is 0 Å². The molecule has 0 bridgehead atoms. The number of carbonyl (C=O) groups excluding carboxylic acids is 2. The van der Waals surface area contributed by atoms with Gasteiger partial charge in [0.05, 0.1) is 12.6 Å². The van der Waals surface area contributed by atoms with E-state index in [0.29, 0.717) is 29.9 Å². The predicted octanol–water partition coefficient (Wildman–Crippen LogP) is 1.59. The van der Waals surface area contributed by atoms with Gasteiger partial charge in [0.2, 0.25) is 5.78 Å². The first-order valence-electron chi connectivity index (χ1n) is 6.80. The van der Waals surface area contributed by atoms with Crippen molar-refractivity contribution < 1.29 is 18.7 Å². The molecular formula is C14H20N2O4.